The van der Waals surface area contributed by atoms with E-state index in [2.05, 4.69) is 10.6 Å². The van der Waals surface area contributed by atoms with Gasteiger partial charge >= 0.3 is 5.97 Å². The van der Waals surface area contributed by atoms with Gasteiger partial charge in [-0.1, -0.05) is 53.5 Å². The van der Waals surface area contributed by atoms with Crippen LogP contribution < -0.4 is 10.6 Å². The van der Waals surface area contributed by atoms with Crippen LogP contribution in [0.5, 0.6) is 0 Å². The van der Waals surface area contributed by atoms with Crippen molar-refractivity contribution in [3.05, 3.63) is 69.8 Å². The highest BCUT2D eigenvalue weighted by Gasteiger charge is 2.15. The van der Waals surface area contributed by atoms with Crippen LogP contribution in [0.4, 0.5) is 5.69 Å². The van der Waals surface area contributed by atoms with Gasteiger partial charge < -0.3 is 15.4 Å². The summed E-state index contributed by atoms with van der Waals surface area (Å²) in [6.45, 7) is 0.730. The van der Waals surface area contributed by atoms with E-state index >= 15 is 0 Å². The summed E-state index contributed by atoms with van der Waals surface area (Å²) in [6.07, 6.45) is 1.46. The molecule has 0 heterocycles. The highest BCUT2D eigenvalue weighted by molar-refractivity contribution is 6.42. The molecule has 2 aromatic carbocycles. The Bertz CT molecular complexity index is 883. The van der Waals surface area contributed by atoms with Crippen LogP contribution in [0, 0.1) is 0 Å². The fourth-order valence-corrected chi connectivity index (χ4v) is 2.33. The molecule has 2 N–H and O–H groups in total. The molecule has 0 bridgehead atoms. The van der Waals surface area contributed by atoms with E-state index in [0.29, 0.717) is 16.3 Å². The number of hydrogen-bond acceptors (Lipinski definition) is 4. The van der Waals surface area contributed by atoms with Crippen LogP contribution in [0.15, 0.2) is 54.2 Å². The molecule has 0 aliphatic carbocycles. The zero-order chi connectivity index (χ0) is 19.8. The molecule has 0 fully saturated rings. The smallest absolute Gasteiger partial charge is 0.355 e. The lowest BCUT2D eigenvalue weighted by Crippen LogP contribution is -2.28. The molecule has 27 heavy (non-hydrogen) atoms. The summed E-state index contributed by atoms with van der Waals surface area (Å²) in [7, 11) is 0. The molecule has 0 spiro atoms. The van der Waals surface area contributed by atoms with Crippen LogP contribution in [0.25, 0.3) is 6.08 Å². The quantitative estimate of drug-likeness (QED) is 0.566. The lowest BCUT2D eigenvalue weighted by atomic mass is 10.2. The molecule has 2 amide bonds. The van der Waals surface area contributed by atoms with Crippen LogP contribution in [-0.4, -0.2) is 24.4 Å². The van der Waals surface area contributed by atoms with Gasteiger partial charge in [0.2, 0.25) is 5.91 Å². The maximum atomic E-state index is 12.2. The largest absolute Gasteiger partial charge is 0.451 e. The number of rotatable bonds is 6. The summed E-state index contributed by atoms with van der Waals surface area (Å²) >= 11 is 11.7. The zero-order valence-corrected chi connectivity index (χ0v) is 15.8. The van der Waals surface area contributed by atoms with E-state index < -0.39 is 24.4 Å². The Labute approximate surface area is 166 Å². The third-order valence-electron chi connectivity index (χ3n) is 3.18. The van der Waals surface area contributed by atoms with Crippen molar-refractivity contribution in [3.63, 3.8) is 0 Å². The molecular weight excluding hydrogens is 391 g/mol. The van der Waals surface area contributed by atoms with E-state index in [1.54, 1.807) is 30.3 Å². The van der Waals surface area contributed by atoms with Crippen molar-refractivity contribution in [1.29, 1.82) is 0 Å². The fraction of sp³-hybridized carbons (Fsp3) is 0.105. The van der Waals surface area contributed by atoms with Gasteiger partial charge in [0, 0.05) is 12.6 Å². The average Bonchev–Trinajstić information content (AvgIpc) is 2.63. The van der Waals surface area contributed by atoms with E-state index in [0.717, 1.165) is 0 Å². The minimum atomic E-state index is -0.835. The number of carbonyl (C=O) groups is 3. The Balaban J connectivity index is 2.00. The maximum Gasteiger partial charge on any atom is 0.355 e. The lowest BCUT2D eigenvalue weighted by molar-refractivity contribution is -0.144. The Kier molecular flexibility index (Phi) is 7.40. The van der Waals surface area contributed by atoms with Gasteiger partial charge in [-0.25, -0.2) is 4.79 Å². The van der Waals surface area contributed by atoms with E-state index in [1.807, 2.05) is 6.07 Å². The number of carbonyl (C=O) groups excluding carboxylic acids is 3. The van der Waals surface area contributed by atoms with Gasteiger partial charge in [0.15, 0.2) is 6.61 Å². The molecule has 0 radical (unpaired) electrons. The SMILES string of the molecule is CC(=O)N/C(=C\c1ccccc1)C(=O)OCC(=O)Nc1ccc(Cl)c(Cl)c1. The molecule has 0 aliphatic heterocycles. The molecule has 2 rings (SSSR count). The predicted octanol–water partition coefficient (Wildman–Crippen LogP) is 3.65. The molecule has 8 heteroatoms. The van der Waals surface area contributed by atoms with Crippen molar-refractivity contribution in [3.8, 4) is 0 Å². The summed E-state index contributed by atoms with van der Waals surface area (Å²) in [4.78, 5) is 35.5. The topological polar surface area (TPSA) is 84.5 Å². The van der Waals surface area contributed by atoms with E-state index in [-0.39, 0.29) is 10.7 Å². The summed E-state index contributed by atoms with van der Waals surface area (Å²) in [5, 5.41) is 5.56. The summed E-state index contributed by atoms with van der Waals surface area (Å²) in [5.41, 5.74) is 1.03. The van der Waals surface area contributed by atoms with Gasteiger partial charge in [0.1, 0.15) is 5.70 Å². The lowest BCUT2D eigenvalue weighted by Gasteiger charge is -2.10. The number of ether oxygens (including phenoxy) is 1. The van der Waals surface area contributed by atoms with Gasteiger partial charge in [0.25, 0.3) is 5.91 Å². The number of halogens is 2. The molecule has 2 aromatic rings. The Morgan fingerprint density at radius 2 is 1.74 bits per heavy atom. The highest BCUT2D eigenvalue weighted by Crippen LogP contribution is 2.24. The van der Waals surface area contributed by atoms with E-state index in [9.17, 15) is 14.4 Å². The van der Waals surface area contributed by atoms with Gasteiger partial charge in [-0.2, -0.15) is 0 Å². The Morgan fingerprint density at radius 3 is 2.37 bits per heavy atom. The van der Waals surface area contributed by atoms with Crippen molar-refractivity contribution in [1.82, 2.24) is 5.32 Å². The first-order valence-electron chi connectivity index (χ1n) is 7.81. The van der Waals surface area contributed by atoms with Crippen molar-refractivity contribution >= 4 is 52.7 Å². The number of benzene rings is 2. The first kappa shape index (κ1) is 20.5. The van der Waals surface area contributed by atoms with E-state index in [1.165, 1.54) is 25.1 Å². The van der Waals surface area contributed by atoms with Crippen molar-refractivity contribution in [2.24, 2.45) is 0 Å². The first-order chi connectivity index (χ1) is 12.8. The van der Waals surface area contributed by atoms with Gasteiger partial charge in [-0.15, -0.1) is 0 Å². The number of anilines is 1. The van der Waals surface area contributed by atoms with Gasteiger partial charge in [0.05, 0.1) is 10.0 Å². The standard InChI is InChI=1S/C19H16Cl2N2O4/c1-12(24)22-17(9-13-5-3-2-4-6-13)19(26)27-11-18(25)23-14-7-8-15(20)16(21)10-14/h2-10H,11H2,1H3,(H,22,24)(H,23,25)/b17-9-. The fourth-order valence-electron chi connectivity index (χ4n) is 2.03. The van der Waals surface area contributed by atoms with Crippen LogP contribution in [0.2, 0.25) is 10.0 Å². The van der Waals surface area contributed by atoms with Crippen LogP contribution in [0.3, 0.4) is 0 Å². The predicted molar refractivity (Wildman–Crippen MR) is 104 cm³/mol. The van der Waals surface area contributed by atoms with Crippen molar-refractivity contribution < 1.29 is 19.1 Å². The normalized spacial score (nSPS) is 10.9. The summed E-state index contributed by atoms with van der Waals surface area (Å²) in [6, 6.07) is 13.5. The number of esters is 1. The molecular formula is C19H16Cl2N2O4. The third-order valence-corrected chi connectivity index (χ3v) is 3.92. The highest BCUT2D eigenvalue weighted by atomic mass is 35.5. The van der Waals surface area contributed by atoms with Crippen molar-refractivity contribution in [2.75, 3.05) is 11.9 Å². The molecule has 6 nitrogen and oxygen atoms in total. The Morgan fingerprint density at radius 1 is 1.04 bits per heavy atom. The van der Waals surface area contributed by atoms with Crippen molar-refractivity contribution in [2.45, 2.75) is 6.92 Å². The monoisotopic (exact) mass is 406 g/mol. The molecule has 0 saturated carbocycles. The van der Waals surface area contributed by atoms with Gasteiger partial charge in [-0.05, 0) is 29.8 Å². The second-order valence-electron chi connectivity index (χ2n) is 5.40. The molecule has 0 aromatic heterocycles. The average molecular weight is 407 g/mol. The minimum absolute atomic E-state index is 0.0731. The number of hydrogen-bond donors (Lipinski definition) is 2. The minimum Gasteiger partial charge on any atom is -0.451 e. The summed E-state index contributed by atoms with van der Waals surface area (Å²) in [5.74, 6) is -1.84. The number of amides is 2. The molecule has 0 saturated heterocycles. The second kappa shape index (κ2) is 9.75. The first-order valence-corrected chi connectivity index (χ1v) is 8.57. The van der Waals surface area contributed by atoms with Crippen LogP contribution >= 0.6 is 23.2 Å². The van der Waals surface area contributed by atoms with E-state index in [4.69, 9.17) is 27.9 Å². The third kappa shape index (κ3) is 6.77. The Hall–Kier alpha value is -2.83. The molecule has 0 unspecified atom stereocenters. The van der Waals surface area contributed by atoms with Crippen LogP contribution in [0.1, 0.15) is 12.5 Å². The molecule has 0 aliphatic rings. The molecule has 140 valence electrons. The van der Waals surface area contributed by atoms with Crippen LogP contribution in [-0.2, 0) is 19.1 Å². The second-order valence-corrected chi connectivity index (χ2v) is 6.22. The summed E-state index contributed by atoms with van der Waals surface area (Å²) < 4.78 is 4.97. The zero-order valence-electron chi connectivity index (χ0n) is 14.3. The maximum absolute atomic E-state index is 12.2. The van der Waals surface area contributed by atoms with Gasteiger partial charge in [-0.3, -0.25) is 9.59 Å². The number of nitrogens with one attached hydrogen (secondary N) is 2. The molecule has 0 atom stereocenters.